The van der Waals surface area contributed by atoms with E-state index in [1.54, 1.807) is 0 Å². The molecule has 0 saturated carbocycles. The van der Waals surface area contributed by atoms with Crippen LogP contribution in [0, 0.1) is 5.82 Å². The smallest absolute Gasteiger partial charge is 0.243 e. The summed E-state index contributed by atoms with van der Waals surface area (Å²) >= 11 is 0. The van der Waals surface area contributed by atoms with E-state index in [0.29, 0.717) is 12.1 Å². The van der Waals surface area contributed by atoms with Crippen molar-refractivity contribution in [1.29, 1.82) is 0 Å². The zero-order chi connectivity index (χ0) is 16.9. The van der Waals surface area contributed by atoms with Crippen LogP contribution in [0.4, 0.5) is 10.1 Å². The van der Waals surface area contributed by atoms with Crippen molar-refractivity contribution in [1.82, 2.24) is 5.32 Å². The maximum atomic E-state index is 12.7. The fraction of sp³-hybridized carbons (Fsp3) is 0.556. The summed E-state index contributed by atoms with van der Waals surface area (Å²) in [5.74, 6) is -0.775. The number of hydrogen-bond acceptors (Lipinski definition) is 2. The predicted octanol–water partition coefficient (Wildman–Crippen LogP) is 4.02. The summed E-state index contributed by atoms with van der Waals surface area (Å²) < 4.78 is 12.7. The van der Waals surface area contributed by atoms with Gasteiger partial charge in [-0.05, 0) is 30.7 Å². The van der Waals surface area contributed by atoms with Gasteiger partial charge < -0.3 is 10.6 Å². The zero-order valence-electron chi connectivity index (χ0n) is 13.9. The molecule has 0 unspecified atom stereocenters. The molecule has 1 rings (SSSR count). The van der Waals surface area contributed by atoms with Gasteiger partial charge in [0.1, 0.15) is 5.82 Å². The first-order chi connectivity index (χ1) is 11.1. The van der Waals surface area contributed by atoms with Crippen LogP contribution in [-0.2, 0) is 9.59 Å². The van der Waals surface area contributed by atoms with Crippen LogP contribution in [0.25, 0.3) is 0 Å². The molecular formula is C18H27FN2O2. The molecule has 0 radical (unpaired) electrons. The van der Waals surface area contributed by atoms with Gasteiger partial charge in [-0.3, -0.25) is 9.59 Å². The summed E-state index contributed by atoms with van der Waals surface area (Å²) in [6, 6.07) is 5.50. The highest BCUT2D eigenvalue weighted by molar-refractivity contribution is 5.94. The van der Waals surface area contributed by atoms with E-state index in [1.807, 2.05) is 0 Å². The minimum atomic E-state index is -0.356. The Bertz CT molecular complexity index is 474. The Balaban J connectivity index is 2.06. The molecule has 4 nitrogen and oxygen atoms in total. The van der Waals surface area contributed by atoms with Crippen molar-refractivity contribution in [3.63, 3.8) is 0 Å². The number of carbonyl (C=O) groups is 2. The molecule has 0 aliphatic heterocycles. The maximum Gasteiger partial charge on any atom is 0.243 e. The quantitative estimate of drug-likeness (QED) is 0.605. The van der Waals surface area contributed by atoms with Crippen molar-refractivity contribution < 1.29 is 14.0 Å². The third kappa shape index (κ3) is 9.66. The first-order valence-electron chi connectivity index (χ1n) is 8.44. The summed E-state index contributed by atoms with van der Waals surface area (Å²) in [4.78, 5) is 23.3. The number of benzene rings is 1. The maximum absolute atomic E-state index is 12.7. The topological polar surface area (TPSA) is 58.2 Å². The Morgan fingerprint density at radius 2 is 1.52 bits per heavy atom. The lowest BCUT2D eigenvalue weighted by molar-refractivity contribution is -0.124. The Hall–Kier alpha value is -1.91. The van der Waals surface area contributed by atoms with Gasteiger partial charge in [0.25, 0.3) is 0 Å². The monoisotopic (exact) mass is 322 g/mol. The highest BCUT2D eigenvalue weighted by Gasteiger charge is 2.06. The number of amides is 2. The number of unbranched alkanes of at least 4 members (excludes halogenated alkanes) is 6. The fourth-order valence-corrected chi connectivity index (χ4v) is 2.25. The molecular weight excluding hydrogens is 295 g/mol. The molecule has 0 aromatic heterocycles. The molecule has 0 bridgehead atoms. The number of carbonyl (C=O) groups excluding carboxylic acids is 2. The lowest BCUT2D eigenvalue weighted by atomic mass is 10.1. The average molecular weight is 322 g/mol. The largest absolute Gasteiger partial charge is 0.347 e. The molecule has 0 saturated heterocycles. The van der Waals surface area contributed by atoms with E-state index < -0.39 is 0 Å². The van der Waals surface area contributed by atoms with Crippen LogP contribution in [0.2, 0.25) is 0 Å². The molecule has 23 heavy (non-hydrogen) atoms. The van der Waals surface area contributed by atoms with Crippen molar-refractivity contribution in [3.05, 3.63) is 30.1 Å². The van der Waals surface area contributed by atoms with E-state index in [4.69, 9.17) is 0 Å². The Morgan fingerprint density at radius 3 is 2.17 bits per heavy atom. The highest BCUT2D eigenvalue weighted by atomic mass is 19.1. The molecule has 2 N–H and O–H groups in total. The van der Waals surface area contributed by atoms with Gasteiger partial charge in [0, 0.05) is 12.1 Å². The van der Waals surface area contributed by atoms with E-state index in [-0.39, 0.29) is 24.2 Å². The number of nitrogens with one attached hydrogen (secondary N) is 2. The van der Waals surface area contributed by atoms with E-state index in [9.17, 15) is 14.0 Å². The number of hydrogen-bond donors (Lipinski definition) is 2. The molecule has 128 valence electrons. The lowest BCUT2D eigenvalue weighted by Gasteiger charge is -2.07. The summed E-state index contributed by atoms with van der Waals surface area (Å²) in [5.41, 5.74) is 0.512. The van der Waals surface area contributed by atoms with Crippen LogP contribution in [0.15, 0.2) is 24.3 Å². The molecule has 0 spiro atoms. The number of rotatable bonds is 11. The molecule has 0 atom stereocenters. The zero-order valence-corrected chi connectivity index (χ0v) is 13.9. The summed E-state index contributed by atoms with van der Waals surface area (Å²) in [5, 5.41) is 5.20. The van der Waals surface area contributed by atoms with Crippen molar-refractivity contribution in [3.8, 4) is 0 Å². The van der Waals surface area contributed by atoms with Crippen LogP contribution in [-0.4, -0.2) is 18.4 Å². The van der Waals surface area contributed by atoms with Crippen LogP contribution in [0.1, 0.15) is 58.3 Å². The van der Waals surface area contributed by atoms with Crippen LogP contribution in [0.5, 0.6) is 0 Å². The molecule has 1 aromatic carbocycles. The van der Waals surface area contributed by atoms with Gasteiger partial charge in [0.05, 0.1) is 6.54 Å². The molecule has 0 fully saturated rings. The van der Waals surface area contributed by atoms with Gasteiger partial charge in [-0.1, -0.05) is 45.4 Å². The highest BCUT2D eigenvalue weighted by Crippen LogP contribution is 2.09. The second-order valence-electron chi connectivity index (χ2n) is 5.70. The second-order valence-corrected chi connectivity index (χ2v) is 5.70. The average Bonchev–Trinajstić information content (AvgIpc) is 2.54. The van der Waals surface area contributed by atoms with Crippen LogP contribution in [0.3, 0.4) is 0 Å². The Morgan fingerprint density at radius 1 is 0.913 bits per heavy atom. The molecule has 0 aliphatic carbocycles. The van der Waals surface area contributed by atoms with E-state index in [0.717, 1.165) is 12.8 Å². The first-order valence-corrected chi connectivity index (χ1v) is 8.44. The van der Waals surface area contributed by atoms with Crippen LogP contribution >= 0.6 is 0 Å². The predicted molar refractivity (Wildman–Crippen MR) is 90.6 cm³/mol. The summed E-state index contributed by atoms with van der Waals surface area (Å²) in [6.45, 7) is 2.13. The van der Waals surface area contributed by atoms with Crippen molar-refractivity contribution in [2.45, 2.75) is 58.3 Å². The molecule has 5 heteroatoms. The minimum Gasteiger partial charge on any atom is -0.347 e. The third-order valence-corrected chi connectivity index (χ3v) is 3.58. The van der Waals surface area contributed by atoms with E-state index in [2.05, 4.69) is 17.6 Å². The Labute approximate surface area is 137 Å². The van der Waals surface area contributed by atoms with Crippen molar-refractivity contribution in [2.75, 3.05) is 11.9 Å². The molecule has 0 aliphatic rings. The van der Waals surface area contributed by atoms with Crippen molar-refractivity contribution in [2.24, 2.45) is 0 Å². The van der Waals surface area contributed by atoms with Gasteiger partial charge in [-0.2, -0.15) is 0 Å². The molecule has 2 amide bonds. The van der Waals surface area contributed by atoms with E-state index in [1.165, 1.54) is 56.4 Å². The Kier molecular flexibility index (Phi) is 9.68. The van der Waals surface area contributed by atoms with E-state index >= 15 is 0 Å². The number of anilines is 1. The first kappa shape index (κ1) is 19.1. The number of halogens is 1. The van der Waals surface area contributed by atoms with Crippen LogP contribution < -0.4 is 10.6 Å². The summed E-state index contributed by atoms with van der Waals surface area (Å²) in [7, 11) is 0. The van der Waals surface area contributed by atoms with Gasteiger partial charge >= 0.3 is 0 Å². The van der Waals surface area contributed by atoms with Gasteiger partial charge in [0.15, 0.2) is 0 Å². The second kappa shape index (κ2) is 11.6. The molecule has 0 heterocycles. The van der Waals surface area contributed by atoms with Gasteiger partial charge in [0.2, 0.25) is 11.8 Å². The lowest BCUT2D eigenvalue weighted by Crippen LogP contribution is -2.32. The summed E-state index contributed by atoms with van der Waals surface area (Å²) in [6.07, 6.45) is 8.56. The standard InChI is InChI=1S/C18H27FN2O2/c1-2-3-4-5-6-7-8-9-17(22)20-14-18(23)21-16-12-10-15(19)11-13-16/h10-13H,2-9,14H2,1H3,(H,20,22)(H,21,23). The minimum absolute atomic E-state index is 0.0628. The van der Waals surface area contributed by atoms with Gasteiger partial charge in [-0.25, -0.2) is 4.39 Å². The normalized spacial score (nSPS) is 10.3. The SMILES string of the molecule is CCCCCCCCCC(=O)NCC(=O)Nc1ccc(F)cc1. The molecule has 1 aromatic rings. The van der Waals surface area contributed by atoms with Gasteiger partial charge in [-0.15, -0.1) is 0 Å². The fourth-order valence-electron chi connectivity index (χ4n) is 2.25. The van der Waals surface area contributed by atoms with Crippen molar-refractivity contribution >= 4 is 17.5 Å². The third-order valence-electron chi connectivity index (χ3n) is 3.58.